The molecule has 1 aliphatic heterocycles. The van der Waals surface area contributed by atoms with Crippen molar-refractivity contribution in [2.45, 2.75) is 64.1 Å². The Balaban J connectivity index is 1.91. The maximum Gasteiger partial charge on any atom is 0.0589 e. The van der Waals surface area contributed by atoms with Crippen molar-refractivity contribution in [2.24, 2.45) is 0 Å². The van der Waals surface area contributed by atoms with Crippen LogP contribution in [0, 0.1) is 0 Å². The number of hydrogen-bond acceptors (Lipinski definition) is 2. The standard InChI is InChI=1S/C17H27NO/c1-3-8-16-13-15(11-12-19-16)18-17(4-2)14-9-6-5-7-10-14/h5-7,9-10,15-18H,3-4,8,11-13H2,1-2H3. The summed E-state index contributed by atoms with van der Waals surface area (Å²) in [4.78, 5) is 0. The summed E-state index contributed by atoms with van der Waals surface area (Å²) in [5.41, 5.74) is 1.41. The quantitative estimate of drug-likeness (QED) is 0.833. The second-order valence-corrected chi connectivity index (χ2v) is 5.54. The van der Waals surface area contributed by atoms with Crippen molar-refractivity contribution in [2.75, 3.05) is 6.61 Å². The van der Waals surface area contributed by atoms with Crippen LogP contribution in [0.4, 0.5) is 0 Å². The van der Waals surface area contributed by atoms with E-state index >= 15 is 0 Å². The number of nitrogens with one attached hydrogen (secondary N) is 1. The largest absolute Gasteiger partial charge is 0.378 e. The zero-order valence-corrected chi connectivity index (χ0v) is 12.3. The van der Waals surface area contributed by atoms with E-state index in [0.717, 1.165) is 25.9 Å². The van der Waals surface area contributed by atoms with Gasteiger partial charge in [-0.1, -0.05) is 50.6 Å². The molecule has 1 N–H and O–H groups in total. The fourth-order valence-corrected chi connectivity index (χ4v) is 2.97. The molecule has 1 fully saturated rings. The number of ether oxygens (including phenoxy) is 1. The maximum absolute atomic E-state index is 5.83. The van der Waals surface area contributed by atoms with Gasteiger partial charge in [0, 0.05) is 18.7 Å². The topological polar surface area (TPSA) is 21.3 Å². The Morgan fingerprint density at radius 2 is 2.05 bits per heavy atom. The summed E-state index contributed by atoms with van der Waals surface area (Å²) >= 11 is 0. The van der Waals surface area contributed by atoms with Crippen molar-refractivity contribution in [3.8, 4) is 0 Å². The molecule has 19 heavy (non-hydrogen) atoms. The molecule has 1 heterocycles. The zero-order valence-electron chi connectivity index (χ0n) is 12.3. The van der Waals surface area contributed by atoms with Crippen LogP contribution in [0.25, 0.3) is 0 Å². The highest BCUT2D eigenvalue weighted by molar-refractivity contribution is 5.18. The third-order valence-electron chi connectivity index (χ3n) is 4.03. The SMILES string of the molecule is CCCC1CC(NC(CC)c2ccccc2)CCO1. The van der Waals surface area contributed by atoms with E-state index in [1.165, 1.54) is 18.4 Å². The Hall–Kier alpha value is -0.860. The van der Waals surface area contributed by atoms with Crippen LogP contribution in [0.3, 0.4) is 0 Å². The van der Waals surface area contributed by atoms with Gasteiger partial charge < -0.3 is 10.1 Å². The van der Waals surface area contributed by atoms with Gasteiger partial charge in [0.2, 0.25) is 0 Å². The highest BCUT2D eigenvalue weighted by atomic mass is 16.5. The summed E-state index contributed by atoms with van der Waals surface area (Å²) in [5.74, 6) is 0. The molecule has 1 aromatic rings. The van der Waals surface area contributed by atoms with E-state index in [1.54, 1.807) is 0 Å². The van der Waals surface area contributed by atoms with Crippen molar-refractivity contribution in [1.29, 1.82) is 0 Å². The molecule has 1 aromatic carbocycles. The Kier molecular flexibility index (Phi) is 5.87. The molecule has 106 valence electrons. The molecule has 0 aromatic heterocycles. The van der Waals surface area contributed by atoms with Crippen molar-refractivity contribution >= 4 is 0 Å². The minimum absolute atomic E-state index is 0.463. The van der Waals surface area contributed by atoms with Crippen LogP contribution in [0.2, 0.25) is 0 Å². The Morgan fingerprint density at radius 3 is 2.74 bits per heavy atom. The van der Waals surface area contributed by atoms with E-state index in [0.29, 0.717) is 18.2 Å². The Bertz CT molecular complexity index is 350. The van der Waals surface area contributed by atoms with Gasteiger partial charge in [0.1, 0.15) is 0 Å². The first kappa shape index (κ1) is 14.5. The summed E-state index contributed by atoms with van der Waals surface area (Å²) in [6.45, 7) is 5.40. The molecular formula is C17H27NO. The van der Waals surface area contributed by atoms with E-state index in [9.17, 15) is 0 Å². The van der Waals surface area contributed by atoms with Gasteiger partial charge in [0.15, 0.2) is 0 Å². The van der Waals surface area contributed by atoms with Gasteiger partial charge in [-0.25, -0.2) is 0 Å². The first-order valence-electron chi connectivity index (χ1n) is 7.76. The van der Waals surface area contributed by atoms with Gasteiger partial charge in [0.05, 0.1) is 6.10 Å². The van der Waals surface area contributed by atoms with Crippen LogP contribution in [-0.4, -0.2) is 18.8 Å². The fourth-order valence-electron chi connectivity index (χ4n) is 2.97. The van der Waals surface area contributed by atoms with Gasteiger partial charge in [-0.15, -0.1) is 0 Å². The zero-order chi connectivity index (χ0) is 13.5. The lowest BCUT2D eigenvalue weighted by Gasteiger charge is -2.33. The minimum atomic E-state index is 0.463. The molecular weight excluding hydrogens is 234 g/mol. The maximum atomic E-state index is 5.83. The highest BCUT2D eigenvalue weighted by Gasteiger charge is 2.23. The summed E-state index contributed by atoms with van der Waals surface area (Å²) in [6.07, 6.45) is 6.32. The van der Waals surface area contributed by atoms with Crippen molar-refractivity contribution < 1.29 is 4.74 Å². The van der Waals surface area contributed by atoms with Gasteiger partial charge in [-0.05, 0) is 31.2 Å². The number of hydrogen-bond donors (Lipinski definition) is 1. The van der Waals surface area contributed by atoms with Gasteiger partial charge in [-0.3, -0.25) is 0 Å². The molecule has 0 radical (unpaired) electrons. The molecule has 0 bridgehead atoms. The summed E-state index contributed by atoms with van der Waals surface area (Å²) in [6, 6.07) is 11.9. The summed E-state index contributed by atoms with van der Waals surface area (Å²) in [5, 5.41) is 3.83. The van der Waals surface area contributed by atoms with Crippen LogP contribution in [-0.2, 0) is 4.74 Å². The minimum Gasteiger partial charge on any atom is -0.378 e. The molecule has 2 nitrogen and oxygen atoms in total. The lowest BCUT2D eigenvalue weighted by Crippen LogP contribution is -2.40. The number of rotatable bonds is 6. The Morgan fingerprint density at radius 1 is 1.26 bits per heavy atom. The molecule has 0 saturated carbocycles. The Labute approximate surface area is 117 Å². The molecule has 3 atom stereocenters. The second kappa shape index (κ2) is 7.66. The van der Waals surface area contributed by atoms with E-state index in [1.807, 2.05) is 0 Å². The predicted molar refractivity (Wildman–Crippen MR) is 80.3 cm³/mol. The van der Waals surface area contributed by atoms with Crippen LogP contribution >= 0.6 is 0 Å². The summed E-state index contributed by atoms with van der Waals surface area (Å²) in [7, 11) is 0. The molecule has 0 aliphatic carbocycles. The number of benzene rings is 1. The smallest absolute Gasteiger partial charge is 0.0589 e. The van der Waals surface area contributed by atoms with Gasteiger partial charge in [-0.2, -0.15) is 0 Å². The van der Waals surface area contributed by atoms with Crippen LogP contribution in [0.15, 0.2) is 30.3 Å². The second-order valence-electron chi connectivity index (χ2n) is 5.54. The molecule has 0 spiro atoms. The van der Waals surface area contributed by atoms with Gasteiger partial charge >= 0.3 is 0 Å². The first-order chi connectivity index (χ1) is 9.33. The molecule has 0 amide bonds. The average molecular weight is 261 g/mol. The van der Waals surface area contributed by atoms with Crippen LogP contribution in [0.1, 0.15) is 57.6 Å². The predicted octanol–water partition coefficient (Wildman–Crippen LogP) is 4.08. The molecule has 1 saturated heterocycles. The van der Waals surface area contributed by atoms with Gasteiger partial charge in [0.25, 0.3) is 0 Å². The monoisotopic (exact) mass is 261 g/mol. The highest BCUT2D eigenvalue weighted by Crippen LogP contribution is 2.23. The summed E-state index contributed by atoms with van der Waals surface area (Å²) < 4.78 is 5.83. The third kappa shape index (κ3) is 4.32. The first-order valence-corrected chi connectivity index (χ1v) is 7.76. The van der Waals surface area contributed by atoms with Crippen LogP contribution in [0.5, 0.6) is 0 Å². The van der Waals surface area contributed by atoms with E-state index in [-0.39, 0.29) is 0 Å². The average Bonchev–Trinajstić information content (AvgIpc) is 2.46. The fraction of sp³-hybridized carbons (Fsp3) is 0.647. The lowest BCUT2D eigenvalue weighted by molar-refractivity contribution is -0.00515. The van der Waals surface area contributed by atoms with Crippen molar-refractivity contribution in [1.82, 2.24) is 5.32 Å². The lowest BCUT2D eigenvalue weighted by atomic mass is 9.97. The van der Waals surface area contributed by atoms with E-state index in [2.05, 4.69) is 49.5 Å². The normalized spacial score (nSPS) is 25.2. The molecule has 2 rings (SSSR count). The van der Waals surface area contributed by atoms with Crippen molar-refractivity contribution in [3.05, 3.63) is 35.9 Å². The van der Waals surface area contributed by atoms with E-state index in [4.69, 9.17) is 4.74 Å². The molecule has 3 unspecified atom stereocenters. The van der Waals surface area contributed by atoms with Crippen LogP contribution < -0.4 is 5.32 Å². The molecule has 2 heteroatoms. The third-order valence-corrected chi connectivity index (χ3v) is 4.03. The van der Waals surface area contributed by atoms with E-state index < -0.39 is 0 Å². The van der Waals surface area contributed by atoms with Crippen molar-refractivity contribution in [3.63, 3.8) is 0 Å². The molecule has 1 aliphatic rings.